The Balaban J connectivity index is 2.02. The molecule has 2 aromatic heterocycles. The maximum atomic E-state index is 11.6. The quantitative estimate of drug-likeness (QED) is 0.823. The number of imidazole rings is 1. The Morgan fingerprint density at radius 3 is 3.05 bits per heavy atom. The lowest BCUT2D eigenvalue weighted by molar-refractivity contribution is -0.123. The molecule has 0 bridgehead atoms. The standard InChI is InChI=1S/C14H20N4O2/c1-10(2)7-16-13(19)9-20-12-4-3-5-18-8-11(6-15)17-14(12)18/h3-5,8,10H,6-7,9,15H2,1-2H3,(H,16,19). The fourth-order valence-corrected chi connectivity index (χ4v) is 1.76. The van der Waals surface area contributed by atoms with Crippen LogP contribution in [0.4, 0.5) is 0 Å². The molecule has 2 rings (SSSR count). The van der Waals surface area contributed by atoms with Gasteiger partial charge in [0.05, 0.1) is 5.69 Å². The summed E-state index contributed by atoms with van der Waals surface area (Å²) in [6, 6.07) is 3.63. The van der Waals surface area contributed by atoms with Crippen LogP contribution in [0.25, 0.3) is 5.65 Å². The van der Waals surface area contributed by atoms with Crippen molar-refractivity contribution in [2.24, 2.45) is 11.7 Å². The van der Waals surface area contributed by atoms with Gasteiger partial charge in [0.25, 0.3) is 5.91 Å². The molecule has 0 fully saturated rings. The molecule has 2 heterocycles. The predicted octanol–water partition coefficient (Wildman–Crippen LogP) is 0.944. The zero-order chi connectivity index (χ0) is 14.5. The molecule has 20 heavy (non-hydrogen) atoms. The van der Waals surface area contributed by atoms with Crippen LogP contribution in [0, 0.1) is 5.92 Å². The molecule has 108 valence electrons. The Morgan fingerprint density at radius 1 is 1.55 bits per heavy atom. The molecule has 2 aromatic rings. The van der Waals surface area contributed by atoms with E-state index in [2.05, 4.69) is 10.3 Å². The minimum Gasteiger partial charge on any atom is -0.480 e. The third-order valence-electron chi connectivity index (χ3n) is 2.77. The average molecular weight is 276 g/mol. The van der Waals surface area contributed by atoms with Crippen LogP contribution in [-0.4, -0.2) is 28.4 Å². The van der Waals surface area contributed by atoms with Gasteiger partial charge >= 0.3 is 0 Å². The van der Waals surface area contributed by atoms with Gasteiger partial charge in [0.15, 0.2) is 18.0 Å². The summed E-state index contributed by atoms with van der Waals surface area (Å²) < 4.78 is 7.37. The molecule has 0 aliphatic rings. The summed E-state index contributed by atoms with van der Waals surface area (Å²) >= 11 is 0. The van der Waals surface area contributed by atoms with E-state index < -0.39 is 0 Å². The minimum absolute atomic E-state index is 0.0167. The van der Waals surface area contributed by atoms with Gasteiger partial charge in [-0.05, 0) is 18.1 Å². The molecule has 3 N–H and O–H groups in total. The summed E-state index contributed by atoms with van der Waals surface area (Å²) in [6.45, 7) is 5.09. The number of aromatic nitrogens is 2. The van der Waals surface area contributed by atoms with E-state index in [-0.39, 0.29) is 12.5 Å². The van der Waals surface area contributed by atoms with Gasteiger partial charge in [0, 0.05) is 25.5 Å². The van der Waals surface area contributed by atoms with E-state index in [9.17, 15) is 4.79 Å². The third-order valence-corrected chi connectivity index (χ3v) is 2.77. The Hall–Kier alpha value is -2.08. The summed E-state index contributed by atoms with van der Waals surface area (Å²) in [5.41, 5.74) is 7.03. The lowest BCUT2D eigenvalue weighted by Gasteiger charge is -2.09. The molecule has 0 aromatic carbocycles. The molecule has 0 saturated heterocycles. The number of carbonyl (C=O) groups excluding carboxylic acids is 1. The largest absolute Gasteiger partial charge is 0.480 e. The monoisotopic (exact) mass is 276 g/mol. The first-order chi connectivity index (χ1) is 9.60. The van der Waals surface area contributed by atoms with Crippen LogP contribution in [0.5, 0.6) is 5.75 Å². The lowest BCUT2D eigenvalue weighted by Crippen LogP contribution is -2.31. The molecule has 1 amide bonds. The highest BCUT2D eigenvalue weighted by Crippen LogP contribution is 2.18. The van der Waals surface area contributed by atoms with Crippen LogP contribution in [0.3, 0.4) is 0 Å². The minimum atomic E-state index is -0.133. The maximum absolute atomic E-state index is 11.6. The second kappa shape index (κ2) is 6.38. The third kappa shape index (κ3) is 3.48. The Labute approximate surface area is 117 Å². The first-order valence-corrected chi connectivity index (χ1v) is 6.66. The molecular weight excluding hydrogens is 256 g/mol. The molecule has 0 spiro atoms. The van der Waals surface area contributed by atoms with E-state index in [4.69, 9.17) is 10.5 Å². The number of rotatable bonds is 6. The summed E-state index contributed by atoms with van der Waals surface area (Å²) in [5.74, 6) is 0.861. The normalized spacial score (nSPS) is 11.0. The number of nitrogens with zero attached hydrogens (tertiary/aromatic N) is 2. The number of ether oxygens (including phenoxy) is 1. The predicted molar refractivity (Wildman–Crippen MR) is 76.4 cm³/mol. The van der Waals surface area contributed by atoms with Gasteiger partial charge in [-0.15, -0.1) is 0 Å². The number of hydrogen-bond donors (Lipinski definition) is 2. The highest BCUT2D eigenvalue weighted by Gasteiger charge is 2.09. The van der Waals surface area contributed by atoms with Crippen LogP contribution in [0.2, 0.25) is 0 Å². The van der Waals surface area contributed by atoms with Gasteiger partial charge in [-0.1, -0.05) is 13.8 Å². The van der Waals surface area contributed by atoms with Crippen molar-refractivity contribution in [3.8, 4) is 5.75 Å². The zero-order valence-corrected chi connectivity index (χ0v) is 11.8. The highest BCUT2D eigenvalue weighted by atomic mass is 16.5. The maximum Gasteiger partial charge on any atom is 0.257 e. The van der Waals surface area contributed by atoms with Crippen LogP contribution in [0.15, 0.2) is 24.5 Å². The van der Waals surface area contributed by atoms with E-state index in [0.717, 1.165) is 5.69 Å². The first-order valence-electron chi connectivity index (χ1n) is 6.66. The van der Waals surface area contributed by atoms with Crippen LogP contribution >= 0.6 is 0 Å². The van der Waals surface area contributed by atoms with E-state index >= 15 is 0 Å². The first kappa shape index (κ1) is 14.3. The zero-order valence-electron chi connectivity index (χ0n) is 11.8. The summed E-state index contributed by atoms with van der Waals surface area (Å²) in [7, 11) is 0. The fourth-order valence-electron chi connectivity index (χ4n) is 1.76. The van der Waals surface area contributed by atoms with Crippen LogP contribution in [0.1, 0.15) is 19.5 Å². The summed E-state index contributed by atoms with van der Waals surface area (Å²) in [5, 5.41) is 2.81. The van der Waals surface area contributed by atoms with Crippen molar-refractivity contribution in [2.75, 3.05) is 13.2 Å². The molecule has 0 atom stereocenters. The van der Waals surface area contributed by atoms with Crippen LogP contribution < -0.4 is 15.8 Å². The summed E-state index contributed by atoms with van der Waals surface area (Å²) in [4.78, 5) is 16.0. The van der Waals surface area contributed by atoms with Crippen LogP contribution in [-0.2, 0) is 11.3 Å². The van der Waals surface area contributed by atoms with E-state index in [1.807, 2.05) is 36.7 Å². The lowest BCUT2D eigenvalue weighted by atomic mass is 10.2. The second-order valence-electron chi connectivity index (χ2n) is 5.03. The molecule has 0 saturated carbocycles. The van der Waals surface area contributed by atoms with Gasteiger partial charge in [-0.25, -0.2) is 4.98 Å². The topological polar surface area (TPSA) is 81.6 Å². The van der Waals surface area contributed by atoms with E-state index in [0.29, 0.717) is 30.4 Å². The smallest absolute Gasteiger partial charge is 0.257 e. The number of hydrogen-bond acceptors (Lipinski definition) is 4. The van der Waals surface area contributed by atoms with Crippen molar-refractivity contribution in [1.29, 1.82) is 0 Å². The van der Waals surface area contributed by atoms with Crippen molar-refractivity contribution in [3.05, 3.63) is 30.2 Å². The number of pyridine rings is 1. The van der Waals surface area contributed by atoms with Crippen molar-refractivity contribution in [3.63, 3.8) is 0 Å². The number of carbonyl (C=O) groups is 1. The summed E-state index contributed by atoms with van der Waals surface area (Å²) in [6.07, 6.45) is 3.72. The molecule has 6 heteroatoms. The van der Waals surface area contributed by atoms with Gasteiger partial charge in [0.1, 0.15) is 0 Å². The Morgan fingerprint density at radius 2 is 2.35 bits per heavy atom. The van der Waals surface area contributed by atoms with Gasteiger partial charge in [-0.3, -0.25) is 4.79 Å². The number of nitrogens with two attached hydrogens (primary N) is 1. The molecular formula is C14H20N4O2. The van der Waals surface area contributed by atoms with Gasteiger partial charge in [-0.2, -0.15) is 0 Å². The molecule has 0 unspecified atom stereocenters. The molecule has 0 aliphatic carbocycles. The van der Waals surface area contributed by atoms with Crippen molar-refractivity contribution in [1.82, 2.24) is 14.7 Å². The number of amides is 1. The average Bonchev–Trinajstić information content (AvgIpc) is 2.86. The molecule has 6 nitrogen and oxygen atoms in total. The highest BCUT2D eigenvalue weighted by molar-refractivity contribution is 5.77. The fraction of sp³-hybridized carbons (Fsp3) is 0.429. The van der Waals surface area contributed by atoms with Gasteiger partial charge in [0.2, 0.25) is 0 Å². The van der Waals surface area contributed by atoms with Crippen molar-refractivity contribution < 1.29 is 9.53 Å². The van der Waals surface area contributed by atoms with Gasteiger partial charge < -0.3 is 20.2 Å². The number of fused-ring (bicyclic) bond motifs is 1. The van der Waals surface area contributed by atoms with E-state index in [1.165, 1.54) is 0 Å². The Bertz CT molecular complexity index is 592. The number of nitrogens with one attached hydrogen (secondary N) is 1. The Kier molecular flexibility index (Phi) is 4.57. The SMILES string of the molecule is CC(C)CNC(=O)COc1cccn2cc(CN)nc12. The van der Waals surface area contributed by atoms with Crippen molar-refractivity contribution in [2.45, 2.75) is 20.4 Å². The molecule has 0 aliphatic heterocycles. The van der Waals surface area contributed by atoms with E-state index in [1.54, 1.807) is 6.07 Å². The second-order valence-corrected chi connectivity index (χ2v) is 5.03. The molecule has 0 radical (unpaired) electrons. The van der Waals surface area contributed by atoms with Crippen molar-refractivity contribution >= 4 is 11.6 Å².